The highest BCUT2D eigenvalue weighted by molar-refractivity contribution is 5.89. The molecule has 2 aromatic rings. The zero-order valence-electron chi connectivity index (χ0n) is 11.1. The van der Waals surface area contributed by atoms with Crippen LogP contribution >= 0.6 is 0 Å². The molecule has 0 radical (unpaired) electrons. The predicted octanol–water partition coefficient (Wildman–Crippen LogP) is 3.69. The SMILES string of the molecule is CCOC(=O)/C=C(C)/C=C/c1c[nH]c2ccccc12. The molecule has 3 nitrogen and oxygen atoms in total. The van der Waals surface area contributed by atoms with Crippen LogP contribution in [0.1, 0.15) is 19.4 Å². The smallest absolute Gasteiger partial charge is 0.330 e. The van der Waals surface area contributed by atoms with E-state index < -0.39 is 0 Å². The van der Waals surface area contributed by atoms with Crippen molar-refractivity contribution in [2.24, 2.45) is 0 Å². The Labute approximate surface area is 112 Å². The van der Waals surface area contributed by atoms with Crippen LogP contribution in [0.5, 0.6) is 0 Å². The van der Waals surface area contributed by atoms with E-state index in [1.54, 1.807) is 6.92 Å². The van der Waals surface area contributed by atoms with Gasteiger partial charge in [-0.05, 0) is 31.1 Å². The minimum Gasteiger partial charge on any atom is -0.463 e. The fourth-order valence-corrected chi connectivity index (χ4v) is 1.87. The van der Waals surface area contributed by atoms with Gasteiger partial charge in [-0.1, -0.05) is 30.4 Å². The number of esters is 1. The first-order valence-electron chi connectivity index (χ1n) is 6.30. The van der Waals surface area contributed by atoms with Crippen molar-refractivity contribution in [1.82, 2.24) is 4.98 Å². The molecule has 1 heterocycles. The van der Waals surface area contributed by atoms with Crippen LogP contribution in [-0.4, -0.2) is 17.6 Å². The number of carbonyl (C=O) groups excluding carboxylic acids is 1. The molecule has 0 aliphatic rings. The molecule has 0 spiro atoms. The molecule has 19 heavy (non-hydrogen) atoms. The summed E-state index contributed by atoms with van der Waals surface area (Å²) < 4.78 is 4.86. The number of fused-ring (bicyclic) bond motifs is 1. The van der Waals surface area contributed by atoms with Crippen LogP contribution in [-0.2, 0) is 9.53 Å². The molecule has 0 aliphatic heterocycles. The number of benzene rings is 1. The normalized spacial score (nSPS) is 12.2. The van der Waals surface area contributed by atoms with Gasteiger partial charge in [0.05, 0.1) is 6.61 Å². The van der Waals surface area contributed by atoms with Gasteiger partial charge in [0, 0.05) is 23.2 Å². The number of para-hydroxylation sites is 1. The van der Waals surface area contributed by atoms with Gasteiger partial charge >= 0.3 is 5.97 Å². The Kier molecular flexibility index (Phi) is 4.18. The van der Waals surface area contributed by atoms with Crippen LogP contribution < -0.4 is 0 Å². The average molecular weight is 255 g/mol. The van der Waals surface area contributed by atoms with Gasteiger partial charge in [0.1, 0.15) is 0 Å². The molecule has 0 amide bonds. The molecule has 98 valence electrons. The Morgan fingerprint density at radius 2 is 2.16 bits per heavy atom. The number of rotatable bonds is 4. The van der Waals surface area contributed by atoms with Crippen molar-refractivity contribution in [2.75, 3.05) is 6.61 Å². The number of hydrogen-bond donors (Lipinski definition) is 1. The molecule has 1 aromatic heterocycles. The van der Waals surface area contributed by atoms with E-state index in [4.69, 9.17) is 4.74 Å². The fraction of sp³-hybridized carbons (Fsp3) is 0.188. The second kappa shape index (κ2) is 6.05. The van der Waals surface area contributed by atoms with E-state index in [-0.39, 0.29) is 5.97 Å². The van der Waals surface area contributed by atoms with Crippen LogP contribution in [0.15, 0.2) is 48.2 Å². The topological polar surface area (TPSA) is 42.1 Å². The van der Waals surface area contributed by atoms with E-state index in [1.807, 2.05) is 43.5 Å². The van der Waals surface area contributed by atoms with Crippen LogP contribution in [0.2, 0.25) is 0 Å². The Balaban J connectivity index is 2.16. The summed E-state index contributed by atoms with van der Waals surface area (Å²) in [6.45, 7) is 4.07. The van der Waals surface area contributed by atoms with Crippen molar-refractivity contribution in [3.8, 4) is 0 Å². The lowest BCUT2D eigenvalue weighted by atomic mass is 10.1. The third kappa shape index (κ3) is 3.35. The largest absolute Gasteiger partial charge is 0.463 e. The van der Waals surface area contributed by atoms with Crippen molar-refractivity contribution in [3.05, 3.63) is 53.8 Å². The fourth-order valence-electron chi connectivity index (χ4n) is 1.87. The molecule has 1 aromatic carbocycles. The van der Waals surface area contributed by atoms with Gasteiger partial charge in [0.15, 0.2) is 0 Å². The van der Waals surface area contributed by atoms with Gasteiger partial charge in [-0.3, -0.25) is 0 Å². The van der Waals surface area contributed by atoms with E-state index >= 15 is 0 Å². The first kappa shape index (κ1) is 13.1. The third-order valence-corrected chi connectivity index (χ3v) is 2.78. The number of nitrogens with one attached hydrogen (secondary N) is 1. The Morgan fingerprint density at radius 3 is 2.95 bits per heavy atom. The predicted molar refractivity (Wildman–Crippen MR) is 77.7 cm³/mol. The minimum atomic E-state index is -0.302. The van der Waals surface area contributed by atoms with Crippen LogP contribution in [0, 0.1) is 0 Å². The summed E-state index contributed by atoms with van der Waals surface area (Å²) in [6.07, 6.45) is 7.35. The molecule has 1 N–H and O–H groups in total. The van der Waals surface area contributed by atoms with Gasteiger partial charge in [-0.25, -0.2) is 4.79 Å². The van der Waals surface area contributed by atoms with Crippen LogP contribution in [0.4, 0.5) is 0 Å². The van der Waals surface area contributed by atoms with Crippen molar-refractivity contribution >= 4 is 22.9 Å². The second-order valence-corrected chi connectivity index (χ2v) is 4.26. The lowest BCUT2D eigenvalue weighted by molar-refractivity contribution is -0.137. The van der Waals surface area contributed by atoms with Gasteiger partial charge in [-0.2, -0.15) is 0 Å². The third-order valence-electron chi connectivity index (χ3n) is 2.78. The number of ether oxygens (including phenoxy) is 1. The Bertz CT molecular complexity index is 635. The first-order valence-corrected chi connectivity index (χ1v) is 6.30. The summed E-state index contributed by atoms with van der Waals surface area (Å²) in [5.41, 5.74) is 3.07. The van der Waals surface area contributed by atoms with Crippen molar-refractivity contribution < 1.29 is 9.53 Å². The minimum absolute atomic E-state index is 0.302. The zero-order valence-corrected chi connectivity index (χ0v) is 11.1. The molecule has 3 heteroatoms. The summed E-state index contributed by atoms with van der Waals surface area (Å²) in [5, 5.41) is 1.17. The van der Waals surface area contributed by atoms with Crippen LogP contribution in [0.25, 0.3) is 17.0 Å². The number of aromatic amines is 1. The quantitative estimate of drug-likeness (QED) is 0.514. The summed E-state index contributed by atoms with van der Waals surface area (Å²) in [7, 11) is 0. The van der Waals surface area contributed by atoms with E-state index in [9.17, 15) is 4.79 Å². The molecule has 0 atom stereocenters. The van der Waals surface area contributed by atoms with E-state index in [1.165, 1.54) is 11.5 Å². The number of aromatic nitrogens is 1. The summed E-state index contributed by atoms with van der Waals surface area (Å²) in [5.74, 6) is -0.302. The monoisotopic (exact) mass is 255 g/mol. The number of hydrogen-bond acceptors (Lipinski definition) is 2. The first-order chi connectivity index (χ1) is 9.20. The zero-order chi connectivity index (χ0) is 13.7. The Morgan fingerprint density at radius 1 is 1.37 bits per heavy atom. The van der Waals surface area contributed by atoms with Crippen molar-refractivity contribution in [1.29, 1.82) is 0 Å². The van der Waals surface area contributed by atoms with E-state index in [0.29, 0.717) is 6.61 Å². The highest BCUT2D eigenvalue weighted by atomic mass is 16.5. The van der Waals surface area contributed by atoms with Crippen molar-refractivity contribution in [3.63, 3.8) is 0 Å². The maximum atomic E-state index is 11.3. The molecular formula is C16H17NO2. The van der Waals surface area contributed by atoms with Crippen LogP contribution in [0.3, 0.4) is 0 Å². The number of allylic oxidation sites excluding steroid dienone is 2. The molecular weight excluding hydrogens is 238 g/mol. The molecule has 0 saturated heterocycles. The lowest BCUT2D eigenvalue weighted by Gasteiger charge is -1.96. The number of carbonyl (C=O) groups is 1. The maximum absolute atomic E-state index is 11.3. The van der Waals surface area contributed by atoms with Gasteiger partial charge in [-0.15, -0.1) is 0 Å². The van der Waals surface area contributed by atoms with Gasteiger partial charge in [0.2, 0.25) is 0 Å². The van der Waals surface area contributed by atoms with E-state index in [0.717, 1.165) is 16.7 Å². The lowest BCUT2D eigenvalue weighted by Crippen LogP contribution is -1.99. The standard InChI is InChI=1S/C16H17NO2/c1-3-19-16(18)10-12(2)8-9-13-11-17-15-7-5-4-6-14(13)15/h4-11,17H,3H2,1-2H3/b9-8+,12-10+. The summed E-state index contributed by atoms with van der Waals surface area (Å²) >= 11 is 0. The van der Waals surface area contributed by atoms with Gasteiger partial charge in [0.25, 0.3) is 0 Å². The maximum Gasteiger partial charge on any atom is 0.330 e. The van der Waals surface area contributed by atoms with Gasteiger partial charge < -0.3 is 9.72 Å². The molecule has 0 saturated carbocycles. The highest BCUT2D eigenvalue weighted by Gasteiger charge is 1.99. The molecule has 0 fully saturated rings. The molecule has 2 rings (SSSR count). The summed E-state index contributed by atoms with van der Waals surface area (Å²) in [6, 6.07) is 8.11. The second-order valence-electron chi connectivity index (χ2n) is 4.26. The number of H-pyrrole nitrogens is 1. The highest BCUT2D eigenvalue weighted by Crippen LogP contribution is 2.19. The molecule has 0 aliphatic carbocycles. The van der Waals surface area contributed by atoms with Crippen molar-refractivity contribution in [2.45, 2.75) is 13.8 Å². The Hall–Kier alpha value is -2.29. The summed E-state index contributed by atoms with van der Waals surface area (Å²) in [4.78, 5) is 14.5. The van der Waals surface area contributed by atoms with E-state index in [2.05, 4.69) is 11.1 Å². The average Bonchev–Trinajstić information content (AvgIpc) is 2.80. The molecule has 0 bridgehead atoms. The molecule has 0 unspecified atom stereocenters.